The molecule has 1 N–H and O–H groups in total. The van der Waals surface area contributed by atoms with Gasteiger partial charge in [0.1, 0.15) is 0 Å². The number of benzene rings is 1. The van der Waals surface area contributed by atoms with Crippen molar-refractivity contribution in [3.63, 3.8) is 0 Å². The molecule has 1 aromatic carbocycles. The fourth-order valence-electron chi connectivity index (χ4n) is 2.33. The van der Waals surface area contributed by atoms with E-state index in [1.165, 1.54) is 0 Å². The molecule has 0 spiro atoms. The topological polar surface area (TPSA) is 21.3 Å². The number of hydrogen-bond donors (Lipinski definition) is 1. The molecule has 2 rings (SSSR count). The van der Waals surface area contributed by atoms with E-state index in [0.29, 0.717) is 6.04 Å². The molecule has 0 aromatic heterocycles. The van der Waals surface area contributed by atoms with Gasteiger partial charge in [0, 0.05) is 17.1 Å². The van der Waals surface area contributed by atoms with Crippen molar-refractivity contribution in [2.45, 2.75) is 44.8 Å². The quantitative estimate of drug-likeness (QED) is 0.853. The number of halogens is 2. The zero-order valence-corrected chi connectivity index (χ0v) is 13.1. The van der Waals surface area contributed by atoms with Gasteiger partial charge in [-0.25, -0.2) is 0 Å². The molecule has 1 fully saturated rings. The molecule has 0 aliphatic carbocycles. The molecule has 0 radical (unpaired) electrons. The van der Waals surface area contributed by atoms with Crippen molar-refractivity contribution >= 4 is 33.2 Å². The molecule has 1 aliphatic rings. The molecule has 0 amide bonds. The van der Waals surface area contributed by atoms with Crippen LogP contribution < -0.4 is 5.32 Å². The van der Waals surface area contributed by atoms with E-state index in [1.54, 1.807) is 0 Å². The van der Waals surface area contributed by atoms with Gasteiger partial charge < -0.3 is 10.1 Å². The molecule has 2 nitrogen and oxygen atoms in total. The molecule has 1 saturated heterocycles. The van der Waals surface area contributed by atoms with Gasteiger partial charge in [-0.15, -0.1) is 0 Å². The summed E-state index contributed by atoms with van der Waals surface area (Å²) in [5.41, 5.74) is 1.00. The number of nitrogens with one attached hydrogen (secondary N) is 1. The van der Waals surface area contributed by atoms with Crippen molar-refractivity contribution in [2.75, 3.05) is 11.9 Å². The summed E-state index contributed by atoms with van der Waals surface area (Å²) in [6.07, 6.45) is 3.09. The normalized spacial score (nSPS) is 28.1. The van der Waals surface area contributed by atoms with E-state index in [-0.39, 0.29) is 5.60 Å². The lowest BCUT2D eigenvalue weighted by Gasteiger charge is -2.38. The van der Waals surface area contributed by atoms with Crippen molar-refractivity contribution < 1.29 is 4.74 Å². The van der Waals surface area contributed by atoms with Crippen LogP contribution in [0.5, 0.6) is 0 Å². The first-order valence-electron chi connectivity index (χ1n) is 6.38. The van der Waals surface area contributed by atoms with Gasteiger partial charge in [0.2, 0.25) is 0 Å². The van der Waals surface area contributed by atoms with Gasteiger partial charge >= 0.3 is 0 Å². The van der Waals surface area contributed by atoms with Crippen LogP contribution in [0.25, 0.3) is 0 Å². The summed E-state index contributed by atoms with van der Waals surface area (Å²) in [4.78, 5) is 0. The zero-order valence-electron chi connectivity index (χ0n) is 10.8. The predicted octanol–water partition coefficient (Wildman–Crippen LogP) is 4.86. The van der Waals surface area contributed by atoms with Crippen molar-refractivity contribution in [1.29, 1.82) is 0 Å². The molecule has 100 valence electrons. The second-order valence-corrected chi connectivity index (χ2v) is 6.43. The maximum Gasteiger partial charge on any atom is 0.0671 e. The summed E-state index contributed by atoms with van der Waals surface area (Å²) < 4.78 is 6.85. The minimum Gasteiger partial charge on any atom is -0.381 e. The van der Waals surface area contributed by atoms with Gasteiger partial charge in [-0.05, 0) is 44.4 Å². The Hall–Kier alpha value is -0.250. The van der Waals surface area contributed by atoms with Crippen LogP contribution in [0.15, 0.2) is 22.7 Å². The molecule has 18 heavy (non-hydrogen) atoms. The van der Waals surface area contributed by atoms with E-state index < -0.39 is 0 Å². The number of rotatable bonds is 3. The predicted molar refractivity (Wildman–Crippen MR) is 80.4 cm³/mol. The van der Waals surface area contributed by atoms with E-state index in [2.05, 4.69) is 35.1 Å². The summed E-state index contributed by atoms with van der Waals surface area (Å²) in [5.74, 6) is 0. The van der Waals surface area contributed by atoms with E-state index in [0.717, 1.165) is 41.1 Å². The summed E-state index contributed by atoms with van der Waals surface area (Å²) in [7, 11) is 0. The van der Waals surface area contributed by atoms with Crippen molar-refractivity contribution in [2.24, 2.45) is 0 Å². The standard InChI is InChI=1S/C14H19BrClNO/c1-3-14(2)9-11(6-7-18-14)17-13-5-4-10(15)8-12(13)16/h4-5,8,11,17H,3,6-7,9H2,1-2H3. The maximum atomic E-state index is 6.23. The Bertz CT molecular complexity index is 426. The number of ether oxygens (including phenoxy) is 1. The molecule has 4 heteroatoms. The fraction of sp³-hybridized carbons (Fsp3) is 0.571. The van der Waals surface area contributed by atoms with Gasteiger partial charge in [0.05, 0.1) is 16.3 Å². The molecule has 0 bridgehead atoms. The third kappa shape index (κ3) is 3.40. The Morgan fingerprint density at radius 3 is 3.00 bits per heavy atom. The van der Waals surface area contributed by atoms with Crippen LogP contribution in [0.3, 0.4) is 0 Å². The Morgan fingerprint density at radius 2 is 2.33 bits per heavy atom. The van der Waals surface area contributed by atoms with Crippen LogP contribution >= 0.6 is 27.5 Å². The molecular formula is C14H19BrClNO. The Labute approximate surface area is 122 Å². The number of hydrogen-bond acceptors (Lipinski definition) is 2. The highest BCUT2D eigenvalue weighted by Gasteiger charge is 2.31. The second-order valence-electron chi connectivity index (χ2n) is 5.11. The lowest BCUT2D eigenvalue weighted by atomic mass is 9.90. The zero-order chi connectivity index (χ0) is 13.2. The maximum absolute atomic E-state index is 6.23. The highest BCUT2D eigenvalue weighted by Crippen LogP contribution is 2.32. The number of anilines is 1. The molecule has 0 saturated carbocycles. The molecule has 2 atom stereocenters. The molecule has 1 aromatic rings. The van der Waals surface area contributed by atoms with Crippen LogP contribution in [-0.2, 0) is 4.74 Å². The summed E-state index contributed by atoms with van der Waals surface area (Å²) in [5, 5.41) is 4.29. The summed E-state index contributed by atoms with van der Waals surface area (Å²) in [6, 6.07) is 6.38. The molecule has 1 aliphatic heterocycles. The first kappa shape index (κ1) is 14.2. The summed E-state index contributed by atoms with van der Waals surface area (Å²) >= 11 is 9.65. The van der Waals surface area contributed by atoms with Crippen molar-refractivity contribution in [3.8, 4) is 0 Å². The second kappa shape index (κ2) is 5.81. The third-order valence-electron chi connectivity index (χ3n) is 3.63. The third-order valence-corrected chi connectivity index (χ3v) is 4.44. The van der Waals surface area contributed by atoms with E-state index >= 15 is 0 Å². The first-order valence-corrected chi connectivity index (χ1v) is 7.55. The first-order chi connectivity index (χ1) is 8.52. The highest BCUT2D eigenvalue weighted by molar-refractivity contribution is 9.10. The highest BCUT2D eigenvalue weighted by atomic mass is 79.9. The largest absolute Gasteiger partial charge is 0.381 e. The lowest BCUT2D eigenvalue weighted by molar-refractivity contribution is -0.0708. The average molecular weight is 333 g/mol. The molecule has 2 unspecified atom stereocenters. The van der Waals surface area contributed by atoms with Crippen LogP contribution in [0.2, 0.25) is 5.02 Å². The van der Waals surface area contributed by atoms with E-state index in [1.807, 2.05) is 18.2 Å². The molecule has 1 heterocycles. The SMILES string of the molecule is CCC1(C)CC(Nc2ccc(Br)cc2Cl)CCO1. The van der Waals surface area contributed by atoms with Crippen LogP contribution in [0.4, 0.5) is 5.69 Å². The Morgan fingerprint density at radius 1 is 1.56 bits per heavy atom. The van der Waals surface area contributed by atoms with Crippen molar-refractivity contribution in [1.82, 2.24) is 0 Å². The van der Waals surface area contributed by atoms with Crippen molar-refractivity contribution in [3.05, 3.63) is 27.7 Å². The van der Waals surface area contributed by atoms with Gasteiger partial charge in [-0.2, -0.15) is 0 Å². The minimum atomic E-state index is -0.00223. The monoisotopic (exact) mass is 331 g/mol. The Kier molecular flexibility index (Phi) is 4.57. The molecular weight excluding hydrogens is 314 g/mol. The van der Waals surface area contributed by atoms with Gasteiger partial charge in [0.25, 0.3) is 0 Å². The average Bonchev–Trinajstić information content (AvgIpc) is 2.33. The van der Waals surface area contributed by atoms with E-state index in [4.69, 9.17) is 16.3 Å². The fourth-order valence-corrected chi connectivity index (χ4v) is 3.05. The minimum absolute atomic E-state index is 0.00223. The van der Waals surface area contributed by atoms with Gasteiger partial charge in [-0.1, -0.05) is 34.5 Å². The van der Waals surface area contributed by atoms with Crippen LogP contribution in [-0.4, -0.2) is 18.2 Å². The smallest absolute Gasteiger partial charge is 0.0671 e. The Balaban J connectivity index is 2.05. The van der Waals surface area contributed by atoms with Crippen LogP contribution in [0, 0.1) is 0 Å². The van der Waals surface area contributed by atoms with Gasteiger partial charge in [0.15, 0.2) is 0 Å². The van der Waals surface area contributed by atoms with Crippen LogP contribution in [0.1, 0.15) is 33.1 Å². The van der Waals surface area contributed by atoms with E-state index in [9.17, 15) is 0 Å². The summed E-state index contributed by atoms with van der Waals surface area (Å²) in [6.45, 7) is 5.18. The van der Waals surface area contributed by atoms with Gasteiger partial charge in [-0.3, -0.25) is 0 Å². The lowest BCUT2D eigenvalue weighted by Crippen LogP contribution is -2.41.